The zero-order valence-electron chi connectivity index (χ0n) is 11.8. The number of para-hydroxylation sites is 1. The van der Waals surface area contributed by atoms with Crippen LogP contribution in [-0.2, 0) is 9.53 Å². The predicted molar refractivity (Wildman–Crippen MR) is 80.1 cm³/mol. The van der Waals surface area contributed by atoms with Crippen molar-refractivity contribution in [1.82, 2.24) is 9.88 Å². The van der Waals surface area contributed by atoms with Gasteiger partial charge in [0.05, 0.1) is 18.5 Å². The van der Waals surface area contributed by atoms with Gasteiger partial charge in [0.1, 0.15) is 5.15 Å². The highest BCUT2D eigenvalue weighted by Gasteiger charge is 2.24. The van der Waals surface area contributed by atoms with Crippen LogP contribution >= 0.6 is 11.6 Å². The van der Waals surface area contributed by atoms with Crippen molar-refractivity contribution in [3.8, 4) is 0 Å². The fourth-order valence-corrected chi connectivity index (χ4v) is 2.38. The van der Waals surface area contributed by atoms with Gasteiger partial charge < -0.3 is 9.64 Å². The van der Waals surface area contributed by atoms with Crippen LogP contribution in [0.15, 0.2) is 30.3 Å². The molecule has 1 aromatic carbocycles. The van der Waals surface area contributed by atoms with Crippen LogP contribution in [0, 0.1) is 0 Å². The van der Waals surface area contributed by atoms with Crippen molar-refractivity contribution in [2.45, 2.75) is 5.92 Å². The van der Waals surface area contributed by atoms with Crippen LogP contribution in [0.2, 0.25) is 5.15 Å². The first-order valence-corrected chi connectivity index (χ1v) is 6.68. The number of halogens is 1. The summed E-state index contributed by atoms with van der Waals surface area (Å²) in [5, 5.41) is 1.37. The van der Waals surface area contributed by atoms with Gasteiger partial charge in [-0.05, 0) is 31.8 Å². The van der Waals surface area contributed by atoms with Crippen molar-refractivity contribution in [2.24, 2.45) is 0 Å². The maximum absolute atomic E-state index is 12.1. The molecule has 1 aromatic heterocycles. The molecule has 0 saturated carbocycles. The molecule has 0 fully saturated rings. The first-order chi connectivity index (χ1) is 9.52. The Morgan fingerprint density at radius 2 is 2.10 bits per heavy atom. The van der Waals surface area contributed by atoms with Gasteiger partial charge in [-0.2, -0.15) is 0 Å². The summed E-state index contributed by atoms with van der Waals surface area (Å²) >= 11 is 5.98. The highest BCUT2D eigenvalue weighted by Crippen LogP contribution is 2.27. The Morgan fingerprint density at radius 1 is 1.35 bits per heavy atom. The third kappa shape index (κ3) is 3.08. The molecular weight excluding hydrogens is 276 g/mol. The lowest BCUT2D eigenvalue weighted by atomic mass is 9.96. The number of methoxy groups -OCH3 is 1. The topological polar surface area (TPSA) is 42.4 Å². The Kier molecular flexibility index (Phi) is 4.57. The number of aromatic nitrogens is 1. The highest BCUT2D eigenvalue weighted by atomic mass is 35.5. The van der Waals surface area contributed by atoms with E-state index in [1.165, 1.54) is 7.11 Å². The largest absolute Gasteiger partial charge is 0.469 e. The third-order valence-electron chi connectivity index (χ3n) is 3.13. The SMILES string of the molecule is COC(=O)[C@H](CN(C)C)c1cccc2ccc(Cl)nc12. The first kappa shape index (κ1) is 14.8. The minimum atomic E-state index is -0.385. The van der Waals surface area contributed by atoms with E-state index >= 15 is 0 Å². The van der Waals surface area contributed by atoms with Crippen LogP contribution in [0.1, 0.15) is 11.5 Å². The minimum absolute atomic E-state index is 0.270. The third-order valence-corrected chi connectivity index (χ3v) is 3.34. The number of esters is 1. The Morgan fingerprint density at radius 3 is 2.75 bits per heavy atom. The molecule has 0 unspecified atom stereocenters. The van der Waals surface area contributed by atoms with Crippen molar-refractivity contribution >= 4 is 28.5 Å². The summed E-state index contributed by atoms with van der Waals surface area (Å²) in [5.74, 6) is -0.655. The molecule has 0 spiro atoms. The van der Waals surface area contributed by atoms with Crippen molar-refractivity contribution in [3.05, 3.63) is 41.0 Å². The van der Waals surface area contributed by atoms with E-state index in [1.54, 1.807) is 6.07 Å². The second-order valence-electron chi connectivity index (χ2n) is 4.89. The van der Waals surface area contributed by atoms with E-state index in [2.05, 4.69) is 4.98 Å². The van der Waals surface area contributed by atoms with Gasteiger partial charge in [-0.3, -0.25) is 4.79 Å². The minimum Gasteiger partial charge on any atom is -0.469 e. The molecule has 0 radical (unpaired) electrons. The molecule has 0 saturated heterocycles. The Labute approximate surface area is 123 Å². The lowest BCUT2D eigenvalue weighted by Crippen LogP contribution is -2.27. The van der Waals surface area contributed by atoms with E-state index in [0.29, 0.717) is 11.7 Å². The fraction of sp³-hybridized carbons (Fsp3) is 0.333. The lowest BCUT2D eigenvalue weighted by molar-refractivity contribution is -0.142. The maximum atomic E-state index is 12.1. The molecule has 0 amide bonds. The van der Waals surface area contributed by atoms with Gasteiger partial charge in [-0.15, -0.1) is 0 Å². The molecule has 0 aliphatic heterocycles. The summed E-state index contributed by atoms with van der Waals surface area (Å²) in [6.45, 7) is 0.556. The first-order valence-electron chi connectivity index (χ1n) is 6.30. The van der Waals surface area contributed by atoms with E-state index in [0.717, 1.165) is 16.5 Å². The molecule has 2 rings (SSSR count). The Balaban J connectivity index is 2.57. The predicted octanol–water partition coefficient (Wildman–Crippen LogP) is 2.71. The molecule has 106 valence electrons. The number of likely N-dealkylation sites (N-methyl/N-ethyl adjacent to an activating group) is 1. The Bertz CT molecular complexity index is 628. The lowest BCUT2D eigenvalue weighted by Gasteiger charge is -2.20. The standard InChI is InChI=1S/C15H17ClN2O2/c1-18(2)9-12(15(19)20-3)11-6-4-5-10-7-8-13(16)17-14(10)11/h4-8,12H,9H2,1-3H3/t12-/m1/s1. The fourth-order valence-electron chi connectivity index (χ4n) is 2.23. The van der Waals surface area contributed by atoms with Crippen LogP contribution < -0.4 is 0 Å². The van der Waals surface area contributed by atoms with Gasteiger partial charge in [-0.1, -0.05) is 29.8 Å². The highest BCUT2D eigenvalue weighted by molar-refractivity contribution is 6.29. The molecule has 20 heavy (non-hydrogen) atoms. The van der Waals surface area contributed by atoms with Gasteiger partial charge >= 0.3 is 5.97 Å². The van der Waals surface area contributed by atoms with E-state index in [1.807, 2.05) is 43.3 Å². The summed E-state index contributed by atoms with van der Waals surface area (Å²) in [5.41, 5.74) is 1.59. The maximum Gasteiger partial charge on any atom is 0.314 e. The number of carbonyl (C=O) groups is 1. The summed E-state index contributed by atoms with van der Waals surface area (Å²) in [4.78, 5) is 18.4. The van der Waals surface area contributed by atoms with E-state index in [-0.39, 0.29) is 11.9 Å². The zero-order chi connectivity index (χ0) is 14.7. The summed E-state index contributed by atoms with van der Waals surface area (Å²) < 4.78 is 4.92. The number of hydrogen-bond donors (Lipinski definition) is 0. The average molecular weight is 293 g/mol. The van der Waals surface area contributed by atoms with Crippen molar-refractivity contribution in [3.63, 3.8) is 0 Å². The monoisotopic (exact) mass is 292 g/mol. The van der Waals surface area contributed by atoms with Gasteiger partial charge in [0, 0.05) is 11.9 Å². The number of benzene rings is 1. The second-order valence-corrected chi connectivity index (χ2v) is 5.28. The van der Waals surface area contributed by atoms with Crippen LogP contribution in [0.4, 0.5) is 0 Å². The molecule has 2 aromatic rings. The van der Waals surface area contributed by atoms with Crippen molar-refractivity contribution in [2.75, 3.05) is 27.7 Å². The molecule has 5 heteroatoms. The van der Waals surface area contributed by atoms with Crippen LogP contribution in [0.25, 0.3) is 10.9 Å². The molecule has 0 aliphatic rings. The second kappa shape index (κ2) is 6.20. The van der Waals surface area contributed by atoms with E-state index in [4.69, 9.17) is 16.3 Å². The molecular formula is C15H17ClN2O2. The molecule has 0 aliphatic carbocycles. The number of rotatable bonds is 4. The molecule has 1 atom stereocenters. The normalized spacial score (nSPS) is 12.7. The number of carbonyl (C=O) groups excluding carboxylic acids is 1. The smallest absolute Gasteiger partial charge is 0.314 e. The number of nitrogens with zero attached hydrogens (tertiary/aromatic N) is 2. The quantitative estimate of drug-likeness (QED) is 0.642. The van der Waals surface area contributed by atoms with Crippen LogP contribution in [0.3, 0.4) is 0 Å². The van der Waals surface area contributed by atoms with Crippen molar-refractivity contribution < 1.29 is 9.53 Å². The number of hydrogen-bond acceptors (Lipinski definition) is 4. The molecule has 4 nitrogen and oxygen atoms in total. The van der Waals surface area contributed by atoms with Crippen LogP contribution in [0.5, 0.6) is 0 Å². The van der Waals surface area contributed by atoms with Gasteiger partial charge in [-0.25, -0.2) is 4.98 Å². The van der Waals surface area contributed by atoms with Gasteiger partial charge in [0.2, 0.25) is 0 Å². The zero-order valence-corrected chi connectivity index (χ0v) is 12.5. The number of pyridine rings is 1. The number of ether oxygens (including phenoxy) is 1. The molecule has 0 N–H and O–H groups in total. The summed E-state index contributed by atoms with van der Waals surface area (Å²) in [6.07, 6.45) is 0. The van der Waals surface area contributed by atoms with E-state index in [9.17, 15) is 4.79 Å². The Hall–Kier alpha value is -1.65. The average Bonchev–Trinajstić information content (AvgIpc) is 2.43. The number of fused-ring (bicyclic) bond motifs is 1. The summed E-state index contributed by atoms with van der Waals surface area (Å²) in [6, 6.07) is 9.41. The van der Waals surface area contributed by atoms with Gasteiger partial charge in [0.25, 0.3) is 0 Å². The van der Waals surface area contributed by atoms with E-state index < -0.39 is 0 Å². The van der Waals surface area contributed by atoms with Crippen molar-refractivity contribution in [1.29, 1.82) is 0 Å². The molecule has 1 heterocycles. The summed E-state index contributed by atoms with van der Waals surface area (Å²) in [7, 11) is 5.24. The van der Waals surface area contributed by atoms with Crippen LogP contribution in [-0.4, -0.2) is 43.6 Å². The molecule has 0 bridgehead atoms. The van der Waals surface area contributed by atoms with Gasteiger partial charge in [0.15, 0.2) is 0 Å².